The Labute approximate surface area is 168 Å². The molecule has 152 valence electrons. The van der Waals surface area contributed by atoms with Crippen LogP contribution in [0.1, 0.15) is 58.3 Å². The lowest BCUT2D eigenvalue weighted by molar-refractivity contribution is -0.161. The fourth-order valence-corrected chi connectivity index (χ4v) is 4.76. The van der Waals surface area contributed by atoms with E-state index in [1.165, 1.54) is 12.8 Å². The number of ketones is 1. The number of rotatable bonds is 8. The first-order valence-corrected chi connectivity index (χ1v) is 10.6. The molecule has 4 heteroatoms. The Morgan fingerprint density at radius 2 is 2.04 bits per heavy atom. The molecule has 2 fully saturated rings. The van der Waals surface area contributed by atoms with Crippen molar-refractivity contribution in [1.29, 1.82) is 0 Å². The van der Waals surface area contributed by atoms with Crippen LogP contribution in [0.15, 0.2) is 30.3 Å². The molecule has 0 spiro atoms. The van der Waals surface area contributed by atoms with Crippen molar-refractivity contribution in [2.75, 3.05) is 6.61 Å². The second-order valence-electron chi connectivity index (χ2n) is 8.26. The van der Waals surface area contributed by atoms with Gasteiger partial charge in [-0.15, -0.1) is 0 Å². The number of fused-ring (bicyclic) bond motifs is 1. The van der Waals surface area contributed by atoms with E-state index in [0.29, 0.717) is 24.4 Å². The van der Waals surface area contributed by atoms with Crippen molar-refractivity contribution < 1.29 is 19.7 Å². The van der Waals surface area contributed by atoms with Gasteiger partial charge in [0.05, 0.1) is 12.0 Å². The molecule has 0 bridgehead atoms. The first-order chi connectivity index (χ1) is 13.6. The molecule has 2 N–H and O–H groups in total. The molecule has 5 atom stereocenters. The van der Waals surface area contributed by atoms with Crippen molar-refractivity contribution in [3.63, 3.8) is 0 Å². The third-order valence-electron chi connectivity index (χ3n) is 6.45. The fourth-order valence-electron chi connectivity index (χ4n) is 4.76. The standard InChI is InChI=1S/C24H32O4/c1-2-3-4-8-14-24-15-13-22(26)20(21(24)16-23(24)27)12-11-18(25)17-28-19-9-6-5-7-10-19/h5-7,9-10,18,20-22,25-26H,2-4,8,13-17H2,1H3/t18-,20+,21+,22+,24-/m0/s1. The van der Waals surface area contributed by atoms with Crippen molar-refractivity contribution in [2.45, 2.75) is 70.5 Å². The maximum absolute atomic E-state index is 12.5. The van der Waals surface area contributed by atoms with Gasteiger partial charge in [-0.3, -0.25) is 4.79 Å². The molecule has 2 aliphatic carbocycles. The highest BCUT2D eigenvalue weighted by atomic mass is 16.5. The summed E-state index contributed by atoms with van der Waals surface area (Å²) in [5.74, 6) is 6.89. The summed E-state index contributed by atoms with van der Waals surface area (Å²) < 4.78 is 5.54. The maximum Gasteiger partial charge on any atom is 0.148 e. The fraction of sp³-hybridized carbons (Fsp3) is 0.625. The van der Waals surface area contributed by atoms with Gasteiger partial charge in [-0.1, -0.05) is 62.6 Å². The number of hydrogen-bond acceptors (Lipinski definition) is 4. The number of ether oxygens (including phenoxy) is 1. The van der Waals surface area contributed by atoms with Crippen molar-refractivity contribution in [3.05, 3.63) is 30.3 Å². The molecule has 0 aliphatic heterocycles. The molecule has 0 heterocycles. The van der Waals surface area contributed by atoms with Crippen LogP contribution in [0, 0.1) is 29.1 Å². The molecule has 4 nitrogen and oxygen atoms in total. The first kappa shape index (κ1) is 20.9. The van der Waals surface area contributed by atoms with Gasteiger partial charge in [0.2, 0.25) is 0 Å². The van der Waals surface area contributed by atoms with E-state index >= 15 is 0 Å². The van der Waals surface area contributed by atoms with Crippen LogP contribution in [-0.4, -0.2) is 34.8 Å². The zero-order valence-corrected chi connectivity index (χ0v) is 16.8. The van der Waals surface area contributed by atoms with E-state index in [2.05, 4.69) is 18.8 Å². The van der Waals surface area contributed by atoms with Crippen molar-refractivity contribution in [3.8, 4) is 17.6 Å². The minimum absolute atomic E-state index is 0.0889. The topological polar surface area (TPSA) is 66.8 Å². The highest BCUT2D eigenvalue weighted by Gasteiger charge is 2.59. The lowest BCUT2D eigenvalue weighted by Gasteiger charge is -2.55. The second-order valence-corrected chi connectivity index (χ2v) is 8.26. The van der Waals surface area contributed by atoms with Gasteiger partial charge < -0.3 is 14.9 Å². The van der Waals surface area contributed by atoms with Gasteiger partial charge in [-0.25, -0.2) is 0 Å². The highest BCUT2D eigenvalue weighted by molar-refractivity contribution is 5.92. The lowest BCUT2D eigenvalue weighted by Crippen LogP contribution is -2.58. The molecule has 0 saturated heterocycles. The summed E-state index contributed by atoms with van der Waals surface area (Å²) in [4.78, 5) is 12.5. The van der Waals surface area contributed by atoms with E-state index in [-0.39, 0.29) is 23.9 Å². The van der Waals surface area contributed by atoms with Crippen LogP contribution < -0.4 is 4.74 Å². The molecular weight excluding hydrogens is 352 g/mol. The molecule has 0 unspecified atom stereocenters. The predicted octanol–water partition coefficient (Wildman–Crippen LogP) is 3.75. The number of hydrogen-bond donors (Lipinski definition) is 2. The number of para-hydroxylation sites is 1. The molecule has 3 rings (SSSR count). The van der Waals surface area contributed by atoms with Gasteiger partial charge in [0.1, 0.15) is 24.2 Å². The Balaban J connectivity index is 1.59. The zero-order valence-electron chi connectivity index (χ0n) is 16.8. The molecule has 1 aromatic rings. The third kappa shape index (κ3) is 4.59. The summed E-state index contributed by atoms with van der Waals surface area (Å²) in [6.45, 7) is 2.27. The number of benzene rings is 1. The number of unbranched alkanes of at least 4 members (excludes halogenated alkanes) is 3. The number of carbonyl (C=O) groups excluding carboxylic acids is 1. The second kappa shape index (κ2) is 9.58. The molecular formula is C24H32O4. The zero-order chi connectivity index (χ0) is 20.0. The SMILES string of the molecule is CCCCCC[C@]12CC[C@@H](O)[C@H](C#C[C@H](O)COc3ccccc3)[C@H]1CC2=O. The Kier molecular flexibility index (Phi) is 7.15. The summed E-state index contributed by atoms with van der Waals surface area (Å²) in [5, 5.41) is 20.7. The summed E-state index contributed by atoms with van der Waals surface area (Å²) in [7, 11) is 0. The average molecular weight is 385 g/mol. The summed E-state index contributed by atoms with van der Waals surface area (Å²) in [6.07, 6.45) is 6.01. The predicted molar refractivity (Wildman–Crippen MR) is 109 cm³/mol. The van der Waals surface area contributed by atoms with Crippen LogP contribution in [0.4, 0.5) is 0 Å². The van der Waals surface area contributed by atoms with Crippen LogP contribution >= 0.6 is 0 Å². The van der Waals surface area contributed by atoms with E-state index in [4.69, 9.17) is 4.74 Å². The number of Topliss-reactive ketones (excluding diaryl/α,β-unsaturated/α-hetero) is 1. The summed E-state index contributed by atoms with van der Waals surface area (Å²) in [6, 6.07) is 9.32. The van der Waals surface area contributed by atoms with Gasteiger partial charge in [0, 0.05) is 11.8 Å². The molecule has 0 amide bonds. The minimum atomic E-state index is -0.913. The lowest BCUT2D eigenvalue weighted by atomic mass is 9.47. The molecule has 2 saturated carbocycles. The van der Waals surface area contributed by atoms with Crippen molar-refractivity contribution >= 4 is 5.78 Å². The largest absolute Gasteiger partial charge is 0.490 e. The Morgan fingerprint density at radius 1 is 1.25 bits per heavy atom. The van der Waals surface area contributed by atoms with Crippen LogP contribution in [0.5, 0.6) is 5.75 Å². The smallest absolute Gasteiger partial charge is 0.148 e. The van der Waals surface area contributed by atoms with Crippen LogP contribution in [0.25, 0.3) is 0 Å². The first-order valence-electron chi connectivity index (χ1n) is 10.6. The van der Waals surface area contributed by atoms with Gasteiger partial charge in [-0.2, -0.15) is 0 Å². The molecule has 1 aromatic carbocycles. The van der Waals surface area contributed by atoms with Gasteiger partial charge in [0.15, 0.2) is 0 Å². The van der Waals surface area contributed by atoms with E-state index < -0.39 is 12.2 Å². The molecule has 28 heavy (non-hydrogen) atoms. The molecule has 2 aliphatic rings. The van der Waals surface area contributed by atoms with Gasteiger partial charge >= 0.3 is 0 Å². The molecule has 0 radical (unpaired) electrons. The Morgan fingerprint density at radius 3 is 2.75 bits per heavy atom. The van der Waals surface area contributed by atoms with Crippen LogP contribution in [-0.2, 0) is 4.79 Å². The third-order valence-corrected chi connectivity index (χ3v) is 6.45. The van der Waals surface area contributed by atoms with E-state index in [1.807, 2.05) is 30.3 Å². The number of carbonyl (C=O) groups is 1. The minimum Gasteiger partial charge on any atom is -0.490 e. The summed E-state index contributed by atoms with van der Waals surface area (Å²) >= 11 is 0. The van der Waals surface area contributed by atoms with Crippen LogP contribution in [0.2, 0.25) is 0 Å². The van der Waals surface area contributed by atoms with E-state index in [0.717, 1.165) is 25.7 Å². The Bertz CT molecular complexity index is 704. The number of aliphatic hydroxyl groups excluding tert-OH is 2. The van der Waals surface area contributed by atoms with E-state index in [1.54, 1.807) is 0 Å². The van der Waals surface area contributed by atoms with E-state index in [9.17, 15) is 15.0 Å². The monoisotopic (exact) mass is 384 g/mol. The normalized spacial score (nSPS) is 29.8. The quantitative estimate of drug-likeness (QED) is 0.529. The number of aliphatic hydroxyl groups is 2. The average Bonchev–Trinajstić information content (AvgIpc) is 2.71. The summed E-state index contributed by atoms with van der Waals surface area (Å²) in [5.41, 5.74) is -0.280. The Hall–Kier alpha value is -1.83. The van der Waals surface area contributed by atoms with Crippen LogP contribution in [0.3, 0.4) is 0 Å². The molecule has 0 aromatic heterocycles. The van der Waals surface area contributed by atoms with Crippen molar-refractivity contribution in [2.24, 2.45) is 17.3 Å². The van der Waals surface area contributed by atoms with Gasteiger partial charge in [-0.05, 0) is 37.3 Å². The van der Waals surface area contributed by atoms with Crippen molar-refractivity contribution in [1.82, 2.24) is 0 Å². The maximum atomic E-state index is 12.5. The highest BCUT2D eigenvalue weighted by Crippen LogP contribution is 2.57. The van der Waals surface area contributed by atoms with Gasteiger partial charge in [0.25, 0.3) is 0 Å².